The van der Waals surface area contributed by atoms with Crippen molar-refractivity contribution in [3.05, 3.63) is 11.6 Å². The summed E-state index contributed by atoms with van der Waals surface area (Å²) >= 11 is 1.53. The molecule has 0 radical (unpaired) electrons. The lowest BCUT2D eigenvalue weighted by atomic mass is 10.3. The van der Waals surface area contributed by atoms with Gasteiger partial charge in [0.2, 0.25) is 0 Å². The van der Waals surface area contributed by atoms with Crippen molar-refractivity contribution in [1.82, 2.24) is 4.90 Å². The predicted molar refractivity (Wildman–Crippen MR) is 60.2 cm³/mol. The maximum absolute atomic E-state index is 11.4. The fraction of sp³-hybridized carbons (Fsp3) is 0.444. The largest absolute Gasteiger partial charge is 0.450 e. The van der Waals surface area contributed by atoms with E-state index < -0.39 is 0 Å². The first kappa shape index (κ1) is 10.2. The second-order valence-electron chi connectivity index (χ2n) is 2.98. The van der Waals surface area contributed by atoms with Crippen molar-refractivity contribution in [2.75, 3.05) is 19.8 Å². The first-order valence-corrected chi connectivity index (χ1v) is 5.54. The quantitative estimate of drug-likeness (QED) is 0.679. The minimum absolute atomic E-state index is 0.331. The zero-order valence-electron chi connectivity index (χ0n) is 8.34. The average Bonchev–Trinajstić information content (AvgIpc) is 2.29. The lowest BCUT2D eigenvalue weighted by molar-refractivity contribution is 0.113. The van der Waals surface area contributed by atoms with Gasteiger partial charge in [0.25, 0.3) is 0 Å². The van der Waals surface area contributed by atoms with Crippen molar-refractivity contribution in [2.24, 2.45) is 9.98 Å². The van der Waals surface area contributed by atoms with Crippen molar-refractivity contribution in [2.45, 2.75) is 6.92 Å². The van der Waals surface area contributed by atoms with Crippen LogP contribution in [0.3, 0.4) is 0 Å². The van der Waals surface area contributed by atoms with Crippen LogP contribution in [0.2, 0.25) is 0 Å². The molecule has 0 atom stereocenters. The third kappa shape index (κ3) is 2.20. The normalized spacial score (nSPS) is 19.1. The molecule has 0 spiro atoms. The van der Waals surface area contributed by atoms with E-state index in [0.717, 1.165) is 10.8 Å². The molecule has 0 aromatic carbocycles. The van der Waals surface area contributed by atoms with E-state index in [-0.39, 0.29) is 6.09 Å². The summed E-state index contributed by atoms with van der Waals surface area (Å²) < 4.78 is 4.90. The molecule has 0 saturated heterocycles. The Morgan fingerprint density at radius 1 is 1.73 bits per heavy atom. The number of carbonyl (C=O) groups is 1. The Kier molecular flexibility index (Phi) is 3.05. The number of nitrogens with zero attached hydrogens (tertiary/aromatic N) is 3. The molecule has 0 bridgehead atoms. The molecule has 2 heterocycles. The van der Waals surface area contributed by atoms with Crippen LogP contribution in [0.5, 0.6) is 0 Å². The van der Waals surface area contributed by atoms with Gasteiger partial charge in [-0.3, -0.25) is 14.9 Å². The second kappa shape index (κ2) is 4.48. The van der Waals surface area contributed by atoms with Gasteiger partial charge in [0, 0.05) is 6.20 Å². The number of hydrogen-bond donors (Lipinski definition) is 0. The van der Waals surface area contributed by atoms with Gasteiger partial charge >= 0.3 is 6.09 Å². The zero-order valence-corrected chi connectivity index (χ0v) is 9.16. The Hall–Kier alpha value is -1.30. The Labute approximate surface area is 91.9 Å². The summed E-state index contributed by atoms with van der Waals surface area (Å²) in [5.41, 5.74) is 0.835. The molecule has 0 fully saturated rings. The first-order valence-electron chi connectivity index (χ1n) is 4.66. The number of thioether (sulfide) groups is 1. The van der Waals surface area contributed by atoms with Gasteiger partial charge in [-0.2, -0.15) is 0 Å². The number of hydrogen-bond acceptors (Lipinski definition) is 5. The van der Waals surface area contributed by atoms with E-state index in [1.807, 2.05) is 5.41 Å². The average molecular weight is 225 g/mol. The van der Waals surface area contributed by atoms with Crippen LogP contribution in [0.25, 0.3) is 0 Å². The summed E-state index contributed by atoms with van der Waals surface area (Å²) in [5, 5.41) is 2.78. The third-order valence-electron chi connectivity index (χ3n) is 1.97. The van der Waals surface area contributed by atoms with Crippen LogP contribution in [-0.2, 0) is 4.74 Å². The SMILES string of the molecule is CCOC(=O)N1CN=C2SC=CN=C2C1. The fourth-order valence-electron chi connectivity index (χ4n) is 1.29. The van der Waals surface area contributed by atoms with Crippen molar-refractivity contribution < 1.29 is 9.53 Å². The molecule has 5 nitrogen and oxygen atoms in total. The molecule has 0 N–H and O–H groups in total. The van der Waals surface area contributed by atoms with Crippen LogP contribution in [0.1, 0.15) is 6.92 Å². The van der Waals surface area contributed by atoms with Crippen molar-refractivity contribution in [3.63, 3.8) is 0 Å². The summed E-state index contributed by atoms with van der Waals surface area (Å²) in [6, 6.07) is 0. The first-order chi connectivity index (χ1) is 7.31. The monoisotopic (exact) mass is 225 g/mol. The molecule has 80 valence electrons. The van der Waals surface area contributed by atoms with Crippen LogP contribution < -0.4 is 0 Å². The number of rotatable bonds is 1. The number of fused-ring (bicyclic) bond motifs is 1. The Bertz CT molecular complexity index is 362. The minimum atomic E-state index is -0.331. The van der Waals surface area contributed by atoms with E-state index in [2.05, 4.69) is 9.98 Å². The van der Waals surface area contributed by atoms with E-state index in [1.54, 1.807) is 13.1 Å². The van der Waals surface area contributed by atoms with Gasteiger partial charge in [-0.1, -0.05) is 11.8 Å². The standard InChI is InChI=1S/C9H11N3O2S/c1-2-14-9(13)12-5-7-8(11-6-12)15-4-3-10-7/h3-4H,2,5-6H2,1H3. The smallest absolute Gasteiger partial charge is 0.411 e. The molecule has 6 heteroatoms. The molecule has 2 aliphatic heterocycles. The molecule has 0 aliphatic carbocycles. The lowest BCUT2D eigenvalue weighted by Crippen LogP contribution is -2.42. The number of amides is 1. The molecular weight excluding hydrogens is 214 g/mol. The van der Waals surface area contributed by atoms with Crippen LogP contribution in [0, 0.1) is 0 Å². The second-order valence-corrected chi connectivity index (χ2v) is 3.87. The van der Waals surface area contributed by atoms with Gasteiger partial charge < -0.3 is 4.74 Å². The highest BCUT2D eigenvalue weighted by Crippen LogP contribution is 2.17. The van der Waals surface area contributed by atoms with Crippen LogP contribution in [0.4, 0.5) is 4.79 Å². The maximum Gasteiger partial charge on any atom is 0.411 e. The Morgan fingerprint density at radius 2 is 2.60 bits per heavy atom. The predicted octanol–water partition coefficient (Wildman–Crippen LogP) is 1.47. The number of aliphatic imine (C=N–C) groups is 2. The van der Waals surface area contributed by atoms with E-state index in [9.17, 15) is 4.79 Å². The highest BCUT2D eigenvalue weighted by atomic mass is 32.2. The highest BCUT2D eigenvalue weighted by Gasteiger charge is 2.24. The van der Waals surface area contributed by atoms with Crippen molar-refractivity contribution in [1.29, 1.82) is 0 Å². The van der Waals surface area contributed by atoms with Gasteiger partial charge in [0.1, 0.15) is 11.7 Å². The molecule has 0 aromatic heterocycles. The molecule has 2 aliphatic rings. The molecule has 0 aromatic rings. The molecule has 15 heavy (non-hydrogen) atoms. The molecule has 1 amide bonds. The summed E-state index contributed by atoms with van der Waals surface area (Å²) in [5.74, 6) is 0. The molecule has 2 rings (SSSR count). The fourth-order valence-corrected chi connectivity index (χ4v) is 1.93. The topological polar surface area (TPSA) is 54.3 Å². The summed E-state index contributed by atoms with van der Waals surface area (Å²) in [6.45, 7) is 3.00. The highest BCUT2D eigenvalue weighted by molar-refractivity contribution is 8.18. The van der Waals surface area contributed by atoms with Gasteiger partial charge in [0.05, 0.1) is 18.9 Å². The van der Waals surface area contributed by atoms with Gasteiger partial charge in [-0.05, 0) is 12.3 Å². The van der Waals surface area contributed by atoms with Gasteiger partial charge in [0.15, 0.2) is 0 Å². The summed E-state index contributed by atoms with van der Waals surface area (Å²) in [6.07, 6.45) is 1.38. The Balaban J connectivity index is 2.07. The van der Waals surface area contributed by atoms with E-state index in [0.29, 0.717) is 19.8 Å². The summed E-state index contributed by atoms with van der Waals surface area (Å²) in [4.78, 5) is 21.4. The van der Waals surface area contributed by atoms with Crippen molar-refractivity contribution in [3.8, 4) is 0 Å². The Morgan fingerprint density at radius 3 is 3.40 bits per heavy atom. The van der Waals surface area contributed by atoms with E-state index >= 15 is 0 Å². The van der Waals surface area contributed by atoms with Crippen LogP contribution in [0.15, 0.2) is 21.6 Å². The van der Waals surface area contributed by atoms with E-state index in [4.69, 9.17) is 4.74 Å². The number of carbonyl (C=O) groups excluding carboxylic acids is 1. The lowest BCUT2D eigenvalue weighted by Gasteiger charge is -2.26. The third-order valence-corrected chi connectivity index (χ3v) is 2.82. The van der Waals surface area contributed by atoms with Gasteiger partial charge in [-0.25, -0.2) is 4.79 Å². The number of ether oxygens (including phenoxy) is 1. The van der Waals surface area contributed by atoms with Crippen LogP contribution in [-0.4, -0.2) is 41.6 Å². The zero-order chi connectivity index (χ0) is 10.7. The maximum atomic E-state index is 11.4. The van der Waals surface area contributed by atoms with Gasteiger partial charge in [-0.15, -0.1) is 0 Å². The molecule has 0 unspecified atom stereocenters. The van der Waals surface area contributed by atoms with E-state index in [1.165, 1.54) is 16.7 Å². The molecular formula is C9H11N3O2S. The minimum Gasteiger partial charge on any atom is -0.450 e. The van der Waals surface area contributed by atoms with Crippen LogP contribution >= 0.6 is 11.8 Å². The van der Waals surface area contributed by atoms with Crippen molar-refractivity contribution >= 4 is 28.6 Å². The summed E-state index contributed by atoms with van der Waals surface area (Å²) in [7, 11) is 0. The molecule has 0 saturated carbocycles.